The number of piperidine rings is 1. The highest BCUT2D eigenvalue weighted by molar-refractivity contribution is 5.37. The molecule has 2 aromatic rings. The Hall–Kier alpha value is -2.16. The van der Waals surface area contributed by atoms with Crippen molar-refractivity contribution in [3.8, 4) is 0 Å². The number of nitrogens with zero attached hydrogens (tertiary/aromatic N) is 5. The van der Waals surface area contributed by atoms with Gasteiger partial charge in [-0.3, -0.25) is 0 Å². The van der Waals surface area contributed by atoms with Crippen LogP contribution in [0, 0.1) is 0 Å². The molecule has 24 heavy (non-hydrogen) atoms. The number of nitrogens with one attached hydrogen (secondary N) is 1. The summed E-state index contributed by atoms with van der Waals surface area (Å²) in [7, 11) is 0. The third-order valence-electron chi connectivity index (χ3n) is 4.00. The van der Waals surface area contributed by atoms with E-state index in [9.17, 15) is 13.2 Å². The summed E-state index contributed by atoms with van der Waals surface area (Å²) in [6.45, 7) is 0.945. The highest BCUT2D eigenvalue weighted by atomic mass is 19.4. The molecule has 130 valence electrons. The molecule has 6 nitrogen and oxygen atoms in total. The number of aromatic nitrogens is 4. The van der Waals surface area contributed by atoms with E-state index in [-0.39, 0.29) is 6.04 Å². The molecule has 0 radical (unpaired) electrons. The number of rotatable bonds is 5. The molecule has 1 saturated heterocycles. The molecule has 1 atom stereocenters. The zero-order valence-electron chi connectivity index (χ0n) is 13.1. The molecule has 0 unspecified atom stereocenters. The molecule has 1 aliphatic rings. The first-order valence-electron chi connectivity index (χ1n) is 7.84. The van der Waals surface area contributed by atoms with Gasteiger partial charge >= 0.3 is 6.18 Å². The van der Waals surface area contributed by atoms with Crippen LogP contribution in [0.2, 0.25) is 0 Å². The van der Waals surface area contributed by atoms with Gasteiger partial charge in [0.1, 0.15) is 12.4 Å². The highest BCUT2D eigenvalue weighted by Gasteiger charge is 2.29. The van der Waals surface area contributed by atoms with Crippen molar-refractivity contribution in [1.29, 1.82) is 0 Å². The van der Waals surface area contributed by atoms with Crippen molar-refractivity contribution in [2.45, 2.75) is 38.1 Å². The van der Waals surface area contributed by atoms with Crippen LogP contribution in [-0.2, 0) is 13.1 Å². The number of imidazole rings is 1. The highest BCUT2D eigenvalue weighted by Crippen LogP contribution is 2.19. The molecule has 0 saturated carbocycles. The second-order valence-corrected chi connectivity index (χ2v) is 5.83. The Morgan fingerprint density at radius 2 is 2.17 bits per heavy atom. The van der Waals surface area contributed by atoms with Crippen molar-refractivity contribution < 1.29 is 13.2 Å². The van der Waals surface area contributed by atoms with Gasteiger partial charge in [-0.05, 0) is 25.0 Å². The second kappa shape index (κ2) is 7.16. The molecule has 3 rings (SSSR count). The van der Waals surface area contributed by atoms with Crippen LogP contribution < -0.4 is 10.2 Å². The van der Waals surface area contributed by atoms with E-state index in [1.165, 1.54) is 12.4 Å². The Morgan fingerprint density at radius 1 is 1.29 bits per heavy atom. The smallest absolute Gasteiger partial charge is 0.354 e. The maximum atomic E-state index is 12.5. The molecule has 2 aromatic heterocycles. The summed E-state index contributed by atoms with van der Waals surface area (Å²) in [5.41, 5.74) is 0. The van der Waals surface area contributed by atoms with Crippen molar-refractivity contribution in [1.82, 2.24) is 25.1 Å². The van der Waals surface area contributed by atoms with Gasteiger partial charge < -0.3 is 14.8 Å². The van der Waals surface area contributed by atoms with Gasteiger partial charge in [0, 0.05) is 37.7 Å². The molecule has 1 aliphatic heterocycles. The summed E-state index contributed by atoms with van der Waals surface area (Å²) in [4.78, 5) is 6.16. The summed E-state index contributed by atoms with van der Waals surface area (Å²) >= 11 is 0. The van der Waals surface area contributed by atoms with Crippen molar-refractivity contribution in [2.75, 3.05) is 18.0 Å². The molecule has 0 aliphatic carbocycles. The molecule has 9 heteroatoms. The topological polar surface area (TPSA) is 58.9 Å². The van der Waals surface area contributed by atoms with Gasteiger partial charge in [0.05, 0.1) is 6.54 Å². The van der Waals surface area contributed by atoms with Crippen LogP contribution in [0.3, 0.4) is 0 Å². The standard InChI is InChI=1S/C15H19F3N6/c16-15(17,18)11-24-8-6-19-14(24)9-20-12-3-2-7-23(10-12)13-4-1-5-21-22-13/h1,4-6,8,12,20H,2-3,7,9-11H2/t12-/m1/s1. The van der Waals surface area contributed by atoms with Gasteiger partial charge in [0.15, 0.2) is 5.82 Å². The Balaban J connectivity index is 1.56. The summed E-state index contributed by atoms with van der Waals surface area (Å²) in [6, 6.07) is 3.93. The fourth-order valence-corrected chi connectivity index (χ4v) is 2.89. The third kappa shape index (κ3) is 4.44. The fraction of sp³-hybridized carbons (Fsp3) is 0.533. The van der Waals surface area contributed by atoms with Crippen LogP contribution in [-0.4, -0.2) is 45.1 Å². The second-order valence-electron chi connectivity index (χ2n) is 5.83. The van der Waals surface area contributed by atoms with E-state index in [0.29, 0.717) is 12.4 Å². The van der Waals surface area contributed by atoms with E-state index >= 15 is 0 Å². The third-order valence-corrected chi connectivity index (χ3v) is 4.00. The maximum Gasteiger partial charge on any atom is 0.406 e. The maximum absolute atomic E-state index is 12.5. The zero-order chi connectivity index (χ0) is 17.0. The van der Waals surface area contributed by atoms with Gasteiger partial charge in [-0.25, -0.2) is 4.98 Å². The molecule has 0 amide bonds. The number of hydrogen-bond acceptors (Lipinski definition) is 5. The van der Waals surface area contributed by atoms with Crippen LogP contribution >= 0.6 is 0 Å². The molecule has 1 N–H and O–H groups in total. The fourth-order valence-electron chi connectivity index (χ4n) is 2.89. The number of hydrogen-bond donors (Lipinski definition) is 1. The Bertz CT molecular complexity index is 642. The first-order valence-corrected chi connectivity index (χ1v) is 7.84. The van der Waals surface area contributed by atoms with Gasteiger partial charge in [-0.15, -0.1) is 5.10 Å². The first-order chi connectivity index (χ1) is 11.5. The SMILES string of the molecule is FC(F)(F)Cn1ccnc1CN[C@@H]1CCCN(c2cccnn2)C1. The lowest BCUT2D eigenvalue weighted by atomic mass is 10.1. The van der Waals surface area contributed by atoms with Crippen LogP contribution in [0.15, 0.2) is 30.7 Å². The van der Waals surface area contributed by atoms with Gasteiger partial charge in [-0.2, -0.15) is 18.3 Å². The van der Waals surface area contributed by atoms with Gasteiger partial charge in [-0.1, -0.05) is 0 Å². The summed E-state index contributed by atoms with van der Waals surface area (Å²) < 4.78 is 38.8. The number of alkyl halides is 3. The minimum Gasteiger partial charge on any atom is -0.354 e. The quantitative estimate of drug-likeness (QED) is 0.902. The van der Waals surface area contributed by atoms with E-state index in [2.05, 4.69) is 25.4 Å². The molecule has 0 aromatic carbocycles. The lowest BCUT2D eigenvalue weighted by Crippen LogP contribution is -2.46. The average molecular weight is 340 g/mol. The largest absolute Gasteiger partial charge is 0.406 e. The predicted molar refractivity (Wildman–Crippen MR) is 82.4 cm³/mol. The van der Waals surface area contributed by atoms with Crippen molar-refractivity contribution >= 4 is 5.82 Å². The van der Waals surface area contributed by atoms with E-state index in [4.69, 9.17) is 0 Å². The minimum atomic E-state index is -4.25. The molecule has 0 bridgehead atoms. The van der Waals surface area contributed by atoms with Crippen molar-refractivity contribution in [3.63, 3.8) is 0 Å². The monoisotopic (exact) mass is 340 g/mol. The first kappa shape index (κ1) is 16.7. The van der Waals surface area contributed by atoms with Crippen LogP contribution in [0.25, 0.3) is 0 Å². The average Bonchev–Trinajstić information content (AvgIpc) is 2.99. The van der Waals surface area contributed by atoms with Crippen LogP contribution in [0.1, 0.15) is 18.7 Å². The lowest BCUT2D eigenvalue weighted by Gasteiger charge is -2.33. The summed E-state index contributed by atoms with van der Waals surface area (Å²) in [5.74, 6) is 1.21. The van der Waals surface area contributed by atoms with E-state index in [1.807, 2.05) is 12.1 Å². The van der Waals surface area contributed by atoms with E-state index in [0.717, 1.165) is 36.3 Å². The van der Waals surface area contributed by atoms with Gasteiger partial charge in [0.2, 0.25) is 0 Å². The van der Waals surface area contributed by atoms with Gasteiger partial charge in [0.25, 0.3) is 0 Å². The molecule has 1 fully saturated rings. The van der Waals surface area contributed by atoms with E-state index in [1.54, 1.807) is 6.20 Å². The Labute approximate surface area is 137 Å². The molecular weight excluding hydrogens is 321 g/mol. The number of anilines is 1. The van der Waals surface area contributed by atoms with Crippen LogP contribution in [0.5, 0.6) is 0 Å². The van der Waals surface area contributed by atoms with Crippen LogP contribution in [0.4, 0.5) is 19.0 Å². The molecular formula is C15H19F3N6. The zero-order valence-corrected chi connectivity index (χ0v) is 13.1. The summed E-state index contributed by atoms with van der Waals surface area (Å²) in [6.07, 6.45) is 2.10. The normalized spacial score (nSPS) is 18.8. The van der Waals surface area contributed by atoms with E-state index < -0.39 is 12.7 Å². The number of halogens is 3. The molecule has 0 spiro atoms. The Morgan fingerprint density at radius 3 is 2.92 bits per heavy atom. The summed E-state index contributed by atoms with van der Waals surface area (Å²) in [5, 5.41) is 11.3. The Kier molecular flexibility index (Phi) is 4.98. The minimum absolute atomic E-state index is 0.178. The molecule has 3 heterocycles. The van der Waals surface area contributed by atoms with Crippen molar-refractivity contribution in [2.24, 2.45) is 0 Å². The van der Waals surface area contributed by atoms with Crippen molar-refractivity contribution in [3.05, 3.63) is 36.5 Å². The lowest BCUT2D eigenvalue weighted by molar-refractivity contribution is -0.141. The predicted octanol–water partition coefficient (Wildman–Crippen LogP) is 1.99.